The molecule has 0 radical (unpaired) electrons. The van der Waals surface area contributed by atoms with Crippen molar-refractivity contribution in [1.82, 2.24) is 14.5 Å². The second kappa shape index (κ2) is 11.3. The third kappa shape index (κ3) is 5.18. The van der Waals surface area contributed by atoms with Crippen LogP contribution in [-0.2, 0) is 9.53 Å². The smallest absolute Gasteiger partial charge is 0.338 e. The van der Waals surface area contributed by atoms with Crippen molar-refractivity contribution in [3.63, 3.8) is 0 Å². The number of carbonyl (C=O) groups excluding carboxylic acids is 1. The van der Waals surface area contributed by atoms with Crippen LogP contribution in [0.15, 0.2) is 75.7 Å². The molecule has 0 fully saturated rings. The number of hydrogen-bond acceptors (Lipinski definition) is 8. The number of fused-ring (bicyclic) bond motifs is 1. The molecule has 12 nitrogen and oxygen atoms in total. The Bertz CT molecular complexity index is 1810. The minimum Gasteiger partial charge on any atom is -0.595 e. The van der Waals surface area contributed by atoms with E-state index in [1.807, 2.05) is 0 Å². The Balaban J connectivity index is 1.62. The lowest BCUT2D eigenvalue weighted by Gasteiger charge is -2.24. The van der Waals surface area contributed by atoms with Crippen LogP contribution >= 0.6 is 0 Å². The molecule has 3 heterocycles. The highest BCUT2D eigenvalue weighted by Gasteiger charge is 2.33. The summed E-state index contributed by atoms with van der Waals surface area (Å²) in [7, 11) is 3.06. The summed E-state index contributed by atoms with van der Waals surface area (Å²) < 4.78 is 17.5. The first-order valence-electron chi connectivity index (χ1n) is 12.8. The summed E-state index contributed by atoms with van der Waals surface area (Å²) in [6.45, 7) is 3.60. The van der Waals surface area contributed by atoms with E-state index in [9.17, 15) is 20.0 Å². The van der Waals surface area contributed by atoms with Crippen LogP contribution < -0.4 is 31.2 Å². The molecule has 0 saturated heterocycles. The summed E-state index contributed by atoms with van der Waals surface area (Å²) in [5.41, 5.74) is 3.14. The lowest BCUT2D eigenvalue weighted by atomic mass is 9.96. The van der Waals surface area contributed by atoms with Crippen LogP contribution in [0.25, 0.3) is 17.3 Å². The molecule has 4 N–H and O–H groups in total. The zero-order valence-corrected chi connectivity index (χ0v) is 22.8. The standard InChI is InChI=1S/C29H29N5O7/c1-5-41-28(36)25-16(2)30-29-32-23(27(35)33(29)26(25)17-6-10-20(39-3)11-7-17)14-18-8-12-22(31-18)21-15-19(34(37)38)9-13-24(21)40-4/h6-15,26,31,34,37H,5H2,1-4H3,(H,30,32)/b23-14-. The van der Waals surface area contributed by atoms with E-state index in [4.69, 9.17) is 14.2 Å². The molecule has 0 bridgehead atoms. The van der Waals surface area contributed by atoms with Crippen LogP contribution in [-0.4, -0.2) is 46.5 Å². The molecule has 1 aliphatic heterocycles. The van der Waals surface area contributed by atoms with Gasteiger partial charge in [0.15, 0.2) is 5.69 Å². The highest BCUT2D eigenvalue weighted by Crippen LogP contribution is 2.32. The molecule has 4 aromatic rings. The van der Waals surface area contributed by atoms with Crippen molar-refractivity contribution in [2.24, 2.45) is 4.99 Å². The number of H-pyrrole nitrogens is 2. The molecule has 0 spiro atoms. The van der Waals surface area contributed by atoms with E-state index in [2.05, 4.69) is 15.0 Å². The molecular weight excluding hydrogens is 530 g/mol. The third-order valence-electron chi connectivity index (χ3n) is 6.79. The monoisotopic (exact) mass is 559 g/mol. The van der Waals surface area contributed by atoms with Gasteiger partial charge in [0.25, 0.3) is 5.56 Å². The summed E-state index contributed by atoms with van der Waals surface area (Å²) in [5.74, 6) is 0.578. The lowest BCUT2D eigenvalue weighted by molar-refractivity contribution is -0.991. The van der Waals surface area contributed by atoms with Gasteiger partial charge in [0.05, 0.1) is 38.1 Å². The van der Waals surface area contributed by atoms with Gasteiger partial charge >= 0.3 is 5.97 Å². The van der Waals surface area contributed by atoms with E-state index >= 15 is 0 Å². The van der Waals surface area contributed by atoms with Gasteiger partial charge in [-0.05, 0) is 55.8 Å². The molecule has 2 unspecified atom stereocenters. The van der Waals surface area contributed by atoms with E-state index in [1.54, 1.807) is 69.5 Å². The number of hydrogen-bond donors (Lipinski definition) is 4. The second-order valence-electron chi connectivity index (χ2n) is 9.24. The number of quaternary nitrogens is 1. The third-order valence-corrected chi connectivity index (χ3v) is 6.79. The molecule has 41 heavy (non-hydrogen) atoms. The number of methoxy groups -OCH3 is 2. The molecule has 2 aromatic heterocycles. The van der Waals surface area contributed by atoms with Crippen LogP contribution in [0.3, 0.4) is 0 Å². The number of rotatable bonds is 8. The highest BCUT2D eigenvalue weighted by molar-refractivity contribution is 5.91. The first kappa shape index (κ1) is 27.6. The molecule has 2 aromatic carbocycles. The normalized spacial score (nSPS) is 15.8. The van der Waals surface area contributed by atoms with Gasteiger partial charge in [0, 0.05) is 29.1 Å². The SMILES string of the molecule is CCOC(=O)C1=C(C)N=c2[nH]/c(=C\c3ccc(-c4cc([NH+]([O-])O)ccc4OC)[nH]3)c(=O)n2C1c1ccc(OC)cc1. The van der Waals surface area contributed by atoms with Crippen molar-refractivity contribution in [2.75, 3.05) is 20.8 Å². The van der Waals surface area contributed by atoms with Crippen LogP contribution in [0.5, 0.6) is 11.5 Å². The van der Waals surface area contributed by atoms with E-state index in [0.29, 0.717) is 39.7 Å². The molecule has 1 aliphatic rings. The Hall–Kier alpha value is -4.91. The van der Waals surface area contributed by atoms with Crippen LogP contribution in [0.2, 0.25) is 0 Å². The van der Waals surface area contributed by atoms with Crippen molar-refractivity contribution in [2.45, 2.75) is 19.9 Å². The van der Waals surface area contributed by atoms with Crippen LogP contribution in [0.4, 0.5) is 5.69 Å². The van der Waals surface area contributed by atoms with Gasteiger partial charge < -0.3 is 29.4 Å². The first-order chi connectivity index (χ1) is 19.7. The Labute approximate surface area is 234 Å². The summed E-state index contributed by atoms with van der Waals surface area (Å²) in [5, 5.41) is 20.1. The molecule has 12 heteroatoms. The van der Waals surface area contributed by atoms with E-state index in [1.165, 1.54) is 23.8 Å². The number of benzene rings is 2. The fraction of sp³-hybridized carbons (Fsp3) is 0.207. The Morgan fingerprint density at radius 3 is 2.54 bits per heavy atom. The largest absolute Gasteiger partial charge is 0.595 e. The number of imidazole rings is 1. The average molecular weight is 560 g/mol. The fourth-order valence-corrected chi connectivity index (χ4v) is 4.86. The Kier molecular flexibility index (Phi) is 7.62. The number of aromatic nitrogens is 3. The van der Waals surface area contributed by atoms with Crippen LogP contribution in [0, 0.1) is 5.21 Å². The van der Waals surface area contributed by atoms with Gasteiger partial charge in [-0.3, -0.25) is 9.36 Å². The van der Waals surface area contributed by atoms with Crippen molar-refractivity contribution in [3.8, 4) is 22.8 Å². The molecular formula is C29H29N5O7. The lowest BCUT2D eigenvalue weighted by Crippen LogP contribution is -2.99. The number of allylic oxidation sites excluding steroid dienone is 1. The van der Waals surface area contributed by atoms with Crippen molar-refractivity contribution in [3.05, 3.63) is 104 Å². The molecule has 2 atom stereocenters. The van der Waals surface area contributed by atoms with Crippen molar-refractivity contribution < 1.29 is 29.4 Å². The average Bonchev–Trinajstić information content (AvgIpc) is 3.56. The second-order valence-corrected chi connectivity index (χ2v) is 9.24. The van der Waals surface area contributed by atoms with Crippen molar-refractivity contribution >= 4 is 17.7 Å². The number of ether oxygens (including phenoxy) is 3. The molecule has 212 valence electrons. The maximum Gasteiger partial charge on any atom is 0.338 e. The summed E-state index contributed by atoms with van der Waals surface area (Å²) in [6, 6.07) is 14.4. The minimum absolute atomic E-state index is 0.114. The Morgan fingerprint density at radius 1 is 1.12 bits per heavy atom. The summed E-state index contributed by atoms with van der Waals surface area (Å²) >= 11 is 0. The summed E-state index contributed by atoms with van der Waals surface area (Å²) in [4.78, 5) is 37.7. The molecule has 0 amide bonds. The fourth-order valence-electron chi connectivity index (χ4n) is 4.86. The quantitative estimate of drug-likeness (QED) is 0.188. The number of esters is 1. The van der Waals surface area contributed by atoms with Crippen molar-refractivity contribution in [1.29, 1.82) is 0 Å². The maximum atomic E-state index is 13.8. The van der Waals surface area contributed by atoms with E-state index < -0.39 is 17.2 Å². The maximum absolute atomic E-state index is 13.8. The highest BCUT2D eigenvalue weighted by atomic mass is 16.8. The molecule has 5 rings (SSSR count). The number of nitrogens with zero attached hydrogens (tertiary/aromatic N) is 2. The number of carbonyl (C=O) groups is 1. The van der Waals surface area contributed by atoms with Gasteiger partial charge in [0.1, 0.15) is 16.8 Å². The van der Waals surface area contributed by atoms with E-state index in [0.717, 1.165) is 0 Å². The Morgan fingerprint density at radius 2 is 1.88 bits per heavy atom. The van der Waals surface area contributed by atoms with Gasteiger partial charge in [-0.25, -0.2) is 15.0 Å². The first-order valence-corrected chi connectivity index (χ1v) is 12.8. The summed E-state index contributed by atoms with van der Waals surface area (Å²) in [6.07, 6.45) is 1.63. The topological polar surface area (TPSA) is 158 Å². The molecule has 0 saturated carbocycles. The zero-order valence-electron chi connectivity index (χ0n) is 22.8. The van der Waals surface area contributed by atoms with E-state index in [-0.39, 0.29) is 34.4 Å². The van der Waals surface area contributed by atoms with Gasteiger partial charge in [0.2, 0.25) is 5.62 Å². The van der Waals surface area contributed by atoms with Gasteiger partial charge in [-0.15, -0.1) is 0 Å². The zero-order chi connectivity index (χ0) is 29.3. The number of nitrogens with one attached hydrogen (secondary N) is 3. The minimum atomic E-state index is -1.06. The number of aromatic amines is 2. The predicted octanol–water partition coefficient (Wildman–Crippen LogP) is 1.48. The molecule has 0 aliphatic carbocycles. The van der Waals surface area contributed by atoms with Gasteiger partial charge in [-0.2, -0.15) is 5.23 Å². The van der Waals surface area contributed by atoms with Gasteiger partial charge in [-0.1, -0.05) is 12.1 Å². The van der Waals surface area contributed by atoms with Crippen LogP contribution in [0.1, 0.15) is 31.1 Å². The predicted molar refractivity (Wildman–Crippen MR) is 148 cm³/mol.